The van der Waals surface area contributed by atoms with Crippen LogP contribution in [-0.2, 0) is 9.53 Å². The number of ether oxygens (including phenoxy) is 2. The van der Waals surface area contributed by atoms with E-state index in [9.17, 15) is 19.7 Å². The molecule has 0 aliphatic heterocycles. The summed E-state index contributed by atoms with van der Waals surface area (Å²) in [6.07, 6.45) is 3.00. The van der Waals surface area contributed by atoms with E-state index in [1.807, 2.05) is 31.2 Å². The fourth-order valence-electron chi connectivity index (χ4n) is 3.02. The number of nitrogens with one attached hydrogen (secondary N) is 1. The first-order valence-corrected chi connectivity index (χ1v) is 11.1. The Morgan fingerprint density at radius 1 is 1.12 bits per heavy atom. The number of nitrogens with zero attached hydrogens (tertiary/aromatic N) is 1. The number of carbonyl (C=O) groups excluding carboxylic acids is 2. The SMILES string of the molecule is CCOC(=O)c1c(-c2cccc([N+](=O)[O-])c2)csc1NC(=O)/C=C/c1ccc(OCC)cc1. The van der Waals surface area contributed by atoms with E-state index in [1.54, 1.807) is 24.4 Å². The summed E-state index contributed by atoms with van der Waals surface area (Å²) in [5, 5.41) is 15.8. The van der Waals surface area contributed by atoms with Gasteiger partial charge in [-0.15, -0.1) is 11.3 Å². The molecular formula is C24H22N2O6S. The van der Waals surface area contributed by atoms with Gasteiger partial charge >= 0.3 is 5.97 Å². The van der Waals surface area contributed by atoms with Gasteiger partial charge in [-0.05, 0) is 43.2 Å². The topological polar surface area (TPSA) is 108 Å². The van der Waals surface area contributed by atoms with Crippen molar-refractivity contribution in [2.24, 2.45) is 0 Å². The number of non-ortho nitro benzene ring substituents is 1. The molecule has 0 spiro atoms. The molecule has 0 bridgehead atoms. The second-order valence-electron chi connectivity index (χ2n) is 6.71. The Bertz CT molecular complexity index is 1180. The number of anilines is 1. The molecule has 2 aromatic carbocycles. The maximum absolute atomic E-state index is 12.7. The Kier molecular flexibility index (Phi) is 7.93. The maximum atomic E-state index is 12.7. The number of nitro benzene ring substituents is 1. The standard InChI is InChI=1S/C24H22N2O6S/c1-3-31-19-11-8-16(9-12-19)10-13-21(27)25-23-22(24(28)32-4-2)20(15-33-23)17-6-5-7-18(14-17)26(29)30/h5-15H,3-4H2,1-2H3,(H,25,27)/b13-10+. The number of thiophene rings is 1. The number of nitro groups is 1. The molecule has 0 atom stereocenters. The summed E-state index contributed by atoms with van der Waals surface area (Å²) in [5.41, 5.74) is 1.80. The third-order valence-electron chi connectivity index (χ3n) is 4.49. The lowest BCUT2D eigenvalue weighted by molar-refractivity contribution is -0.384. The van der Waals surface area contributed by atoms with Crippen LogP contribution in [0.3, 0.4) is 0 Å². The Balaban J connectivity index is 1.85. The van der Waals surface area contributed by atoms with Crippen LogP contribution < -0.4 is 10.1 Å². The molecule has 170 valence electrons. The maximum Gasteiger partial charge on any atom is 0.341 e. The zero-order valence-corrected chi connectivity index (χ0v) is 18.9. The molecule has 0 fully saturated rings. The molecule has 0 unspecified atom stereocenters. The van der Waals surface area contributed by atoms with Gasteiger partial charge in [0.25, 0.3) is 5.69 Å². The number of benzene rings is 2. The number of hydrogen-bond acceptors (Lipinski definition) is 7. The van der Waals surface area contributed by atoms with E-state index in [2.05, 4.69) is 5.32 Å². The first-order valence-electron chi connectivity index (χ1n) is 10.2. The van der Waals surface area contributed by atoms with Gasteiger partial charge in [-0.2, -0.15) is 0 Å². The second kappa shape index (κ2) is 11.1. The number of rotatable bonds is 9. The van der Waals surface area contributed by atoms with Crippen LogP contribution >= 0.6 is 11.3 Å². The van der Waals surface area contributed by atoms with E-state index in [0.29, 0.717) is 22.7 Å². The number of hydrogen-bond donors (Lipinski definition) is 1. The zero-order chi connectivity index (χ0) is 23.8. The summed E-state index contributed by atoms with van der Waals surface area (Å²) in [7, 11) is 0. The molecule has 3 aromatic rings. The van der Waals surface area contributed by atoms with Crippen LogP contribution in [0.1, 0.15) is 29.8 Å². The van der Waals surface area contributed by atoms with Gasteiger partial charge in [-0.3, -0.25) is 14.9 Å². The number of amides is 1. The van der Waals surface area contributed by atoms with Crippen molar-refractivity contribution < 1.29 is 24.0 Å². The van der Waals surface area contributed by atoms with E-state index in [1.165, 1.54) is 24.3 Å². The highest BCUT2D eigenvalue weighted by Gasteiger charge is 2.23. The summed E-state index contributed by atoms with van der Waals surface area (Å²) in [6.45, 7) is 4.29. The molecule has 9 heteroatoms. The van der Waals surface area contributed by atoms with Crippen molar-refractivity contribution in [3.8, 4) is 16.9 Å². The summed E-state index contributed by atoms with van der Waals surface area (Å²) in [5.74, 6) is -0.307. The Labute approximate surface area is 194 Å². The fraction of sp³-hybridized carbons (Fsp3) is 0.167. The quantitative estimate of drug-likeness (QED) is 0.192. The molecule has 1 aromatic heterocycles. The molecule has 0 saturated heterocycles. The van der Waals surface area contributed by atoms with E-state index in [4.69, 9.17) is 9.47 Å². The van der Waals surface area contributed by atoms with Crippen LogP contribution in [0.5, 0.6) is 5.75 Å². The van der Waals surface area contributed by atoms with Crippen LogP contribution in [0, 0.1) is 10.1 Å². The molecule has 0 radical (unpaired) electrons. The molecule has 0 aliphatic rings. The summed E-state index contributed by atoms with van der Waals surface area (Å²) in [6, 6.07) is 13.2. The third kappa shape index (κ3) is 6.05. The first kappa shape index (κ1) is 23.7. The summed E-state index contributed by atoms with van der Waals surface area (Å²) < 4.78 is 10.6. The van der Waals surface area contributed by atoms with Crippen LogP contribution in [0.15, 0.2) is 60.0 Å². The summed E-state index contributed by atoms with van der Waals surface area (Å²) in [4.78, 5) is 35.8. The van der Waals surface area contributed by atoms with Crippen molar-refractivity contribution in [2.75, 3.05) is 18.5 Å². The Morgan fingerprint density at radius 2 is 1.88 bits per heavy atom. The van der Waals surface area contributed by atoms with Gasteiger partial charge in [0.1, 0.15) is 16.3 Å². The average Bonchev–Trinajstić information content (AvgIpc) is 3.22. The van der Waals surface area contributed by atoms with E-state index >= 15 is 0 Å². The summed E-state index contributed by atoms with van der Waals surface area (Å²) >= 11 is 1.14. The monoisotopic (exact) mass is 466 g/mol. The van der Waals surface area contributed by atoms with Crippen molar-refractivity contribution >= 4 is 40.0 Å². The van der Waals surface area contributed by atoms with Gasteiger partial charge in [-0.1, -0.05) is 24.3 Å². The van der Waals surface area contributed by atoms with Gasteiger partial charge in [0.2, 0.25) is 5.91 Å². The van der Waals surface area contributed by atoms with Crippen molar-refractivity contribution in [1.29, 1.82) is 0 Å². The lowest BCUT2D eigenvalue weighted by atomic mass is 10.0. The highest BCUT2D eigenvalue weighted by atomic mass is 32.1. The Morgan fingerprint density at radius 3 is 2.55 bits per heavy atom. The number of esters is 1. The smallest absolute Gasteiger partial charge is 0.341 e. The largest absolute Gasteiger partial charge is 0.494 e. The van der Waals surface area contributed by atoms with E-state index in [-0.39, 0.29) is 17.9 Å². The molecule has 1 amide bonds. The van der Waals surface area contributed by atoms with Crippen LogP contribution in [0.25, 0.3) is 17.2 Å². The van der Waals surface area contributed by atoms with Crippen molar-refractivity contribution in [3.63, 3.8) is 0 Å². The molecule has 0 saturated carbocycles. The molecule has 8 nitrogen and oxygen atoms in total. The van der Waals surface area contributed by atoms with E-state index < -0.39 is 16.8 Å². The van der Waals surface area contributed by atoms with Crippen molar-refractivity contribution in [2.45, 2.75) is 13.8 Å². The molecule has 0 aliphatic carbocycles. The first-order chi connectivity index (χ1) is 15.9. The zero-order valence-electron chi connectivity index (χ0n) is 18.1. The van der Waals surface area contributed by atoms with Crippen molar-refractivity contribution in [1.82, 2.24) is 0 Å². The molecule has 1 heterocycles. The third-order valence-corrected chi connectivity index (χ3v) is 5.39. The molecule has 3 rings (SSSR count). The van der Waals surface area contributed by atoms with Crippen LogP contribution in [-0.4, -0.2) is 30.0 Å². The van der Waals surface area contributed by atoms with Crippen LogP contribution in [0.4, 0.5) is 10.7 Å². The average molecular weight is 467 g/mol. The van der Waals surface area contributed by atoms with Gasteiger partial charge in [0, 0.05) is 29.2 Å². The van der Waals surface area contributed by atoms with Gasteiger partial charge < -0.3 is 14.8 Å². The molecule has 33 heavy (non-hydrogen) atoms. The van der Waals surface area contributed by atoms with Gasteiger partial charge in [0.05, 0.1) is 18.1 Å². The lowest BCUT2D eigenvalue weighted by Crippen LogP contribution is -2.12. The van der Waals surface area contributed by atoms with Crippen LogP contribution in [0.2, 0.25) is 0 Å². The lowest BCUT2D eigenvalue weighted by Gasteiger charge is -2.08. The van der Waals surface area contributed by atoms with E-state index in [0.717, 1.165) is 22.6 Å². The predicted molar refractivity (Wildman–Crippen MR) is 128 cm³/mol. The van der Waals surface area contributed by atoms with Crippen molar-refractivity contribution in [3.05, 3.63) is 81.2 Å². The molecular weight excluding hydrogens is 444 g/mol. The second-order valence-corrected chi connectivity index (χ2v) is 7.59. The predicted octanol–water partition coefficient (Wildman–Crippen LogP) is 5.55. The number of carbonyl (C=O) groups is 2. The minimum Gasteiger partial charge on any atom is -0.494 e. The van der Waals surface area contributed by atoms with Gasteiger partial charge in [-0.25, -0.2) is 4.79 Å². The highest BCUT2D eigenvalue weighted by molar-refractivity contribution is 7.15. The Hall–Kier alpha value is -3.98. The highest BCUT2D eigenvalue weighted by Crippen LogP contribution is 2.37. The normalized spacial score (nSPS) is 10.7. The van der Waals surface area contributed by atoms with Gasteiger partial charge in [0.15, 0.2) is 0 Å². The minimum absolute atomic E-state index is 0.0996. The minimum atomic E-state index is -0.619. The fourth-order valence-corrected chi connectivity index (χ4v) is 3.98. The molecule has 1 N–H and O–H groups in total.